The van der Waals surface area contributed by atoms with Crippen molar-refractivity contribution in [3.63, 3.8) is 0 Å². The Morgan fingerprint density at radius 1 is 1.07 bits per heavy atom. The standard InChI is InChI=1S/C24H25IO4S/c1-14-2-3-16(21-12-20(27)24(28)22(13-26)29-21)10-17(14)11-19-8-9-23(30-19)15-4-6-18(25)7-5-15/h2-10,20-22,24,26-28H,11-13H2,1H3. The number of thiophene rings is 1. The van der Waals surface area contributed by atoms with Gasteiger partial charge in [0.15, 0.2) is 0 Å². The van der Waals surface area contributed by atoms with Crippen molar-refractivity contribution in [1.82, 2.24) is 0 Å². The Hall–Kier alpha value is -1.29. The lowest BCUT2D eigenvalue weighted by atomic mass is 9.92. The molecule has 0 bridgehead atoms. The zero-order valence-corrected chi connectivity index (χ0v) is 19.6. The topological polar surface area (TPSA) is 69.9 Å². The summed E-state index contributed by atoms with van der Waals surface area (Å²) in [6.45, 7) is 1.79. The summed E-state index contributed by atoms with van der Waals surface area (Å²) in [7, 11) is 0. The number of benzene rings is 2. The molecule has 0 saturated carbocycles. The van der Waals surface area contributed by atoms with Crippen molar-refractivity contribution in [1.29, 1.82) is 0 Å². The number of rotatable bonds is 5. The van der Waals surface area contributed by atoms with Crippen LogP contribution in [0, 0.1) is 10.5 Å². The average Bonchev–Trinajstić information content (AvgIpc) is 3.20. The molecular formula is C24H25IO4S. The Kier molecular flexibility index (Phi) is 6.91. The van der Waals surface area contributed by atoms with Gasteiger partial charge < -0.3 is 20.1 Å². The minimum atomic E-state index is -1.05. The molecule has 4 atom stereocenters. The number of ether oxygens (including phenoxy) is 1. The van der Waals surface area contributed by atoms with Crippen LogP contribution in [0.1, 0.15) is 34.1 Å². The number of halogens is 1. The van der Waals surface area contributed by atoms with Crippen LogP contribution in [0.3, 0.4) is 0 Å². The van der Waals surface area contributed by atoms with Crippen LogP contribution >= 0.6 is 33.9 Å². The largest absolute Gasteiger partial charge is 0.394 e. The summed E-state index contributed by atoms with van der Waals surface area (Å²) in [5, 5.41) is 29.6. The van der Waals surface area contributed by atoms with Crippen LogP contribution < -0.4 is 0 Å². The molecule has 4 unspecified atom stereocenters. The highest BCUT2D eigenvalue weighted by molar-refractivity contribution is 14.1. The summed E-state index contributed by atoms with van der Waals surface area (Å²) in [5.41, 5.74) is 4.62. The van der Waals surface area contributed by atoms with Crippen molar-refractivity contribution in [3.05, 3.63) is 79.7 Å². The lowest BCUT2D eigenvalue weighted by Gasteiger charge is -2.36. The van der Waals surface area contributed by atoms with E-state index < -0.39 is 18.3 Å². The second kappa shape index (κ2) is 9.46. The SMILES string of the molecule is Cc1ccc(C2CC(O)C(O)C(CO)O2)cc1Cc1ccc(-c2ccc(I)cc2)s1. The van der Waals surface area contributed by atoms with Gasteiger partial charge in [-0.05, 0) is 76.0 Å². The maximum absolute atomic E-state index is 10.2. The monoisotopic (exact) mass is 536 g/mol. The van der Waals surface area contributed by atoms with Gasteiger partial charge in [-0.1, -0.05) is 30.3 Å². The van der Waals surface area contributed by atoms with Crippen LogP contribution in [0.15, 0.2) is 54.6 Å². The average molecular weight is 536 g/mol. The normalized spacial score (nSPS) is 24.2. The Morgan fingerprint density at radius 3 is 2.57 bits per heavy atom. The van der Waals surface area contributed by atoms with Crippen molar-refractivity contribution in [2.24, 2.45) is 0 Å². The number of hydrogen-bond acceptors (Lipinski definition) is 5. The van der Waals surface area contributed by atoms with E-state index in [0.717, 1.165) is 12.0 Å². The first-order valence-electron chi connectivity index (χ1n) is 10.0. The minimum absolute atomic E-state index is 0.316. The lowest BCUT2D eigenvalue weighted by Crippen LogP contribution is -2.47. The molecular weight excluding hydrogens is 511 g/mol. The van der Waals surface area contributed by atoms with E-state index in [1.165, 1.54) is 30.0 Å². The van der Waals surface area contributed by atoms with Crippen LogP contribution in [0.25, 0.3) is 10.4 Å². The third-order valence-electron chi connectivity index (χ3n) is 5.65. The van der Waals surface area contributed by atoms with Crippen LogP contribution in [-0.2, 0) is 11.2 Å². The number of hydrogen-bond donors (Lipinski definition) is 3. The first-order valence-corrected chi connectivity index (χ1v) is 11.9. The number of aliphatic hydroxyl groups is 3. The van der Waals surface area contributed by atoms with Gasteiger partial charge in [0, 0.05) is 26.2 Å². The minimum Gasteiger partial charge on any atom is -0.394 e. The molecule has 0 aliphatic carbocycles. The number of aliphatic hydroxyl groups excluding tert-OH is 3. The molecule has 30 heavy (non-hydrogen) atoms. The Labute approximate surface area is 194 Å². The Bertz CT molecular complexity index is 1000. The predicted octanol–water partition coefficient (Wildman–Crippen LogP) is 4.46. The fourth-order valence-corrected chi connectivity index (χ4v) is 5.23. The predicted molar refractivity (Wildman–Crippen MR) is 128 cm³/mol. The van der Waals surface area contributed by atoms with E-state index >= 15 is 0 Å². The summed E-state index contributed by atoms with van der Waals surface area (Å²) in [4.78, 5) is 2.55. The zero-order valence-electron chi connectivity index (χ0n) is 16.7. The van der Waals surface area contributed by atoms with E-state index in [0.29, 0.717) is 6.42 Å². The molecule has 0 radical (unpaired) electrons. The van der Waals surface area contributed by atoms with Gasteiger partial charge in [-0.2, -0.15) is 0 Å². The highest BCUT2D eigenvalue weighted by Gasteiger charge is 2.36. The maximum Gasteiger partial charge on any atom is 0.110 e. The summed E-state index contributed by atoms with van der Waals surface area (Å²) >= 11 is 4.12. The van der Waals surface area contributed by atoms with Crippen molar-refractivity contribution in [2.45, 2.75) is 44.2 Å². The summed E-state index contributed by atoms with van der Waals surface area (Å²) < 4.78 is 7.09. The van der Waals surface area contributed by atoms with Crippen molar-refractivity contribution in [2.75, 3.05) is 6.61 Å². The summed E-state index contributed by atoms with van der Waals surface area (Å²) in [6.07, 6.45) is -1.92. The molecule has 1 saturated heterocycles. The van der Waals surface area contributed by atoms with Crippen LogP contribution in [0.4, 0.5) is 0 Å². The van der Waals surface area contributed by atoms with Gasteiger partial charge in [-0.15, -0.1) is 11.3 Å². The maximum atomic E-state index is 10.2. The van der Waals surface area contributed by atoms with E-state index in [1.54, 1.807) is 11.3 Å². The van der Waals surface area contributed by atoms with Gasteiger partial charge in [-0.3, -0.25) is 0 Å². The summed E-state index contributed by atoms with van der Waals surface area (Å²) in [6, 6.07) is 19.1. The highest BCUT2D eigenvalue weighted by atomic mass is 127. The van der Waals surface area contributed by atoms with Crippen molar-refractivity contribution >= 4 is 33.9 Å². The fraction of sp³-hybridized carbons (Fsp3) is 0.333. The molecule has 0 spiro atoms. The van der Waals surface area contributed by atoms with Crippen LogP contribution in [0.2, 0.25) is 0 Å². The first-order chi connectivity index (χ1) is 14.4. The molecule has 3 N–H and O–H groups in total. The van der Waals surface area contributed by atoms with Crippen LogP contribution in [-0.4, -0.2) is 40.2 Å². The van der Waals surface area contributed by atoms with Crippen LogP contribution in [0.5, 0.6) is 0 Å². The Balaban J connectivity index is 1.54. The Morgan fingerprint density at radius 2 is 1.83 bits per heavy atom. The van der Waals surface area contributed by atoms with E-state index in [9.17, 15) is 15.3 Å². The lowest BCUT2D eigenvalue weighted by molar-refractivity contribution is -0.181. The van der Waals surface area contributed by atoms with Crippen molar-refractivity contribution in [3.8, 4) is 10.4 Å². The molecule has 1 fully saturated rings. The molecule has 2 aromatic carbocycles. The van der Waals surface area contributed by atoms with Gasteiger partial charge in [0.25, 0.3) is 0 Å². The molecule has 158 valence electrons. The molecule has 1 aliphatic heterocycles. The molecule has 4 rings (SSSR count). The first kappa shape index (κ1) is 21.9. The second-order valence-electron chi connectivity index (χ2n) is 7.77. The van der Waals surface area contributed by atoms with E-state index in [1.807, 2.05) is 6.07 Å². The molecule has 1 aliphatic rings. The molecule has 2 heterocycles. The summed E-state index contributed by atoms with van der Waals surface area (Å²) in [5.74, 6) is 0. The van der Waals surface area contributed by atoms with E-state index in [4.69, 9.17) is 4.74 Å². The molecule has 4 nitrogen and oxygen atoms in total. The van der Waals surface area contributed by atoms with Gasteiger partial charge in [0.05, 0.1) is 18.8 Å². The second-order valence-corrected chi connectivity index (χ2v) is 10.2. The smallest absolute Gasteiger partial charge is 0.110 e. The molecule has 6 heteroatoms. The number of aryl methyl sites for hydroxylation is 1. The zero-order chi connectivity index (χ0) is 21.3. The van der Waals surface area contributed by atoms with Gasteiger partial charge >= 0.3 is 0 Å². The quantitative estimate of drug-likeness (QED) is 0.422. The van der Waals surface area contributed by atoms with Gasteiger partial charge in [0.2, 0.25) is 0 Å². The van der Waals surface area contributed by atoms with Gasteiger partial charge in [-0.25, -0.2) is 0 Å². The van der Waals surface area contributed by atoms with Crippen molar-refractivity contribution < 1.29 is 20.1 Å². The van der Waals surface area contributed by atoms with Gasteiger partial charge in [0.1, 0.15) is 12.2 Å². The highest BCUT2D eigenvalue weighted by Crippen LogP contribution is 2.34. The van der Waals surface area contributed by atoms with E-state index in [-0.39, 0.29) is 12.7 Å². The molecule has 3 aromatic rings. The third-order valence-corrected chi connectivity index (χ3v) is 7.50. The fourth-order valence-electron chi connectivity index (χ4n) is 3.83. The van der Waals surface area contributed by atoms with E-state index in [2.05, 4.69) is 78.0 Å². The molecule has 1 aromatic heterocycles. The molecule has 0 amide bonds. The third kappa shape index (κ3) is 4.79.